The molecule has 0 aliphatic carbocycles. The number of nitrogens with zero attached hydrogens (tertiary/aromatic N) is 2. The molecule has 0 bridgehead atoms. The third kappa shape index (κ3) is 2.38. The first-order chi connectivity index (χ1) is 9.60. The summed E-state index contributed by atoms with van der Waals surface area (Å²) in [7, 11) is 0. The van der Waals surface area contributed by atoms with Crippen LogP contribution < -0.4 is 0 Å². The van der Waals surface area contributed by atoms with Crippen LogP contribution in [0.5, 0.6) is 0 Å². The zero-order valence-electron chi connectivity index (χ0n) is 10.1. The third-order valence-electron chi connectivity index (χ3n) is 2.95. The second-order valence-corrected chi connectivity index (χ2v) is 5.77. The summed E-state index contributed by atoms with van der Waals surface area (Å²) in [6.45, 7) is 0. The van der Waals surface area contributed by atoms with Gasteiger partial charge >= 0.3 is 0 Å². The maximum atomic E-state index is 6.27. The van der Waals surface area contributed by atoms with Gasteiger partial charge in [0.15, 0.2) is 0 Å². The van der Waals surface area contributed by atoms with Gasteiger partial charge in [0.1, 0.15) is 5.82 Å². The fraction of sp³-hybridized carbons (Fsp3) is 0.0714. The molecule has 0 N–H and O–H groups in total. The molecule has 0 fully saturated rings. The van der Waals surface area contributed by atoms with Crippen molar-refractivity contribution in [2.24, 2.45) is 0 Å². The molecule has 2 nitrogen and oxygen atoms in total. The summed E-state index contributed by atoms with van der Waals surface area (Å²) < 4.78 is 1.88. The summed E-state index contributed by atoms with van der Waals surface area (Å²) >= 11 is 24.4. The Hall–Kier alpha value is -0.930. The van der Waals surface area contributed by atoms with Crippen molar-refractivity contribution in [3.8, 4) is 5.69 Å². The molecule has 0 aliphatic rings. The Bertz CT molecular complexity index is 795. The molecule has 102 valence electrons. The molecule has 3 rings (SSSR count). The minimum atomic E-state index is 0.259. The standard InChI is InChI=1S/C14H8Cl4N2/c15-7-14-19-11-4-2-9(17)6-13(11)20(14)12-5-8(16)1-3-10(12)18/h1-6H,7H2. The van der Waals surface area contributed by atoms with Gasteiger partial charge in [0.05, 0.1) is 27.6 Å². The molecule has 0 atom stereocenters. The monoisotopic (exact) mass is 344 g/mol. The van der Waals surface area contributed by atoms with E-state index in [1.165, 1.54) is 0 Å². The number of hydrogen-bond acceptors (Lipinski definition) is 1. The molecule has 1 aromatic heterocycles. The van der Waals surface area contributed by atoms with E-state index in [0.29, 0.717) is 20.9 Å². The van der Waals surface area contributed by atoms with Crippen molar-refractivity contribution < 1.29 is 0 Å². The highest BCUT2D eigenvalue weighted by molar-refractivity contribution is 6.34. The second kappa shape index (κ2) is 5.45. The largest absolute Gasteiger partial charge is 0.294 e. The minimum Gasteiger partial charge on any atom is -0.294 e. The molecule has 0 unspecified atom stereocenters. The van der Waals surface area contributed by atoms with E-state index in [2.05, 4.69) is 4.98 Å². The molecule has 0 aliphatic heterocycles. The lowest BCUT2D eigenvalue weighted by Gasteiger charge is -2.10. The lowest BCUT2D eigenvalue weighted by molar-refractivity contribution is 0.982. The molecule has 6 heteroatoms. The zero-order chi connectivity index (χ0) is 14.3. The van der Waals surface area contributed by atoms with E-state index >= 15 is 0 Å². The lowest BCUT2D eigenvalue weighted by Crippen LogP contribution is -2.00. The van der Waals surface area contributed by atoms with Crippen LogP contribution in [0.1, 0.15) is 5.82 Å². The van der Waals surface area contributed by atoms with E-state index in [-0.39, 0.29) is 5.88 Å². The van der Waals surface area contributed by atoms with E-state index in [1.54, 1.807) is 24.3 Å². The van der Waals surface area contributed by atoms with Crippen LogP contribution in [0.3, 0.4) is 0 Å². The zero-order valence-corrected chi connectivity index (χ0v) is 13.1. The third-order valence-corrected chi connectivity index (χ3v) is 3.98. The quantitative estimate of drug-likeness (QED) is 0.543. The Morgan fingerprint density at radius 1 is 0.950 bits per heavy atom. The molecule has 0 spiro atoms. The molecule has 0 saturated carbocycles. The predicted molar refractivity (Wildman–Crippen MR) is 85.7 cm³/mol. The Kier molecular flexibility index (Phi) is 3.83. The van der Waals surface area contributed by atoms with Crippen LogP contribution in [0.4, 0.5) is 0 Å². The average molecular weight is 346 g/mol. The maximum Gasteiger partial charge on any atom is 0.129 e. The Morgan fingerprint density at radius 2 is 1.65 bits per heavy atom. The maximum absolute atomic E-state index is 6.27. The molecule has 1 heterocycles. The number of halogens is 4. The van der Waals surface area contributed by atoms with E-state index in [9.17, 15) is 0 Å². The van der Waals surface area contributed by atoms with Crippen molar-refractivity contribution in [2.45, 2.75) is 5.88 Å². The van der Waals surface area contributed by atoms with Gasteiger partial charge in [-0.15, -0.1) is 11.6 Å². The highest BCUT2D eigenvalue weighted by Gasteiger charge is 2.14. The summed E-state index contributed by atoms with van der Waals surface area (Å²) in [5.74, 6) is 0.947. The van der Waals surface area contributed by atoms with Gasteiger partial charge in [-0.2, -0.15) is 0 Å². The van der Waals surface area contributed by atoms with Gasteiger partial charge in [0.25, 0.3) is 0 Å². The summed E-state index contributed by atoms with van der Waals surface area (Å²) in [4.78, 5) is 4.49. The number of alkyl halides is 1. The minimum absolute atomic E-state index is 0.259. The normalized spacial score (nSPS) is 11.2. The number of rotatable bonds is 2. The van der Waals surface area contributed by atoms with Crippen LogP contribution in [0.25, 0.3) is 16.7 Å². The van der Waals surface area contributed by atoms with E-state index in [1.807, 2.05) is 16.7 Å². The summed E-state index contributed by atoms with van der Waals surface area (Å²) in [6.07, 6.45) is 0. The molecule has 0 saturated heterocycles. The Balaban J connectivity index is 2.39. The molecule has 20 heavy (non-hydrogen) atoms. The first-order valence-electron chi connectivity index (χ1n) is 5.78. The topological polar surface area (TPSA) is 17.8 Å². The van der Waals surface area contributed by atoms with Gasteiger partial charge in [0, 0.05) is 10.0 Å². The molecule has 0 amide bonds. The van der Waals surface area contributed by atoms with Crippen molar-refractivity contribution in [1.29, 1.82) is 0 Å². The fourth-order valence-corrected chi connectivity index (χ4v) is 2.83. The predicted octanol–water partition coefficient (Wildman–Crippen LogP) is 5.72. The van der Waals surface area contributed by atoms with E-state index in [4.69, 9.17) is 46.4 Å². The molecule has 0 radical (unpaired) electrons. The van der Waals surface area contributed by atoms with Crippen LogP contribution in [-0.4, -0.2) is 9.55 Å². The molecule has 2 aromatic carbocycles. The molecule has 3 aromatic rings. The number of aromatic nitrogens is 2. The average Bonchev–Trinajstić information content (AvgIpc) is 2.79. The van der Waals surface area contributed by atoms with Gasteiger partial charge < -0.3 is 0 Å². The Labute approximate surface area is 135 Å². The Morgan fingerprint density at radius 3 is 2.40 bits per heavy atom. The van der Waals surface area contributed by atoms with Crippen LogP contribution in [0.15, 0.2) is 36.4 Å². The lowest BCUT2D eigenvalue weighted by atomic mass is 10.2. The van der Waals surface area contributed by atoms with Crippen molar-refractivity contribution in [3.63, 3.8) is 0 Å². The molecular formula is C14H8Cl4N2. The molecular weight excluding hydrogens is 338 g/mol. The van der Waals surface area contributed by atoms with Crippen molar-refractivity contribution >= 4 is 57.4 Å². The van der Waals surface area contributed by atoms with Crippen LogP contribution >= 0.6 is 46.4 Å². The van der Waals surface area contributed by atoms with Crippen LogP contribution in [-0.2, 0) is 5.88 Å². The highest BCUT2D eigenvalue weighted by atomic mass is 35.5. The van der Waals surface area contributed by atoms with Gasteiger partial charge in [-0.25, -0.2) is 4.98 Å². The number of benzene rings is 2. The SMILES string of the molecule is ClCc1nc2ccc(Cl)cc2n1-c1cc(Cl)ccc1Cl. The van der Waals surface area contributed by atoms with Crippen molar-refractivity contribution in [1.82, 2.24) is 9.55 Å². The summed E-state index contributed by atoms with van der Waals surface area (Å²) in [5.41, 5.74) is 2.39. The van der Waals surface area contributed by atoms with E-state index in [0.717, 1.165) is 16.7 Å². The number of hydrogen-bond donors (Lipinski definition) is 0. The second-order valence-electron chi connectivity index (χ2n) is 4.23. The van der Waals surface area contributed by atoms with Crippen molar-refractivity contribution in [2.75, 3.05) is 0 Å². The smallest absolute Gasteiger partial charge is 0.129 e. The number of fused-ring (bicyclic) bond motifs is 1. The highest BCUT2D eigenvalue weighted by Crippen LogP contribution is 2.31. The van der Waals surface area contributed by atoms with Gasteiger partial charge in [-0.3, -0.25) is 4.57 Å². The summed E-state index contributed by atoms with van der Waals surface area (Å²) in [5, 5.41) is 1.78. The van der Waals surface area contributed by atoms with E-state index < -0.39 is 0 Å². The first kappa shape index (κ1) is 14.0. The van der Waals surface area contributed by atoms with Gasteiger partial charge in [0.2, 0.25) is 0 Å². The fourth-order valence-electron chi connectivity index (χ4n) is 2.11. The van der Waals surface area contributed by atoms with Crippen LogP contribution in [0.2, 0.25) is 15.1 Å². The van der Waals surface area contributed by atoms with Crippen molar-refractivity contribution in [3.05, 3.63) is 57.3 Å². The van der Waals surface area contributed by atoms with Crippen LogP contribution in [0, 0.1) is 0 Å². The summed E-state index contributed by atoms with van der Waals surface area (Å²) in [6, 6.07) is 10.7. The number of imidazole rings is 1. The first-order valence-corrected chi connectivity index (χ1v) is 7.45. The van der Waals surface area contributed by atoms with Gasteiger partial charge in [-0.05, 0) is 36.4 Å². The van der Waals surface area contributed by atoms with Gasteiger partial charge in [-0.1, -0.05) is 34.8 Å².